The number of halogens is 4. The largest absolute Gasteiger partial charge is 0.322 e. The number of piperidine rings is 1. The molecule has 1 saturated heterocycles. The number of rotatable bonds is 4. The summed E-state index contributed by atoms with van der Waals surface area (Å²) < 4.78 is 55.4. The molecule has 2 aliphatic carbocycles. The number of aromatic amines is 1. The van der Waals surface area contributed by atoms with Crippen LogP contribution in [0.2, 0.25) is 0 Å². The fourth-order valence-corrected chi connectivity index (χ4v) is 5.22. The van der Waals surface area contributed by atoms with Crippen LogP contribution in [-0.2, 0) is 6.54 Å². The molecule has 8 nitrogen and oxygen atoms in total. The second kappa shape index (κ2) is 7.16. The number of H-pyrrole nitrogens is 1. The first-order valence-corrected chi connectivity index (χ1v) is 11.4. The molecule has 34 heavy (non-hydrogen) atoms. The summed E-state index contributed by atoms with van der Waals surface area (Å²) in [5.41, 5.74) is 1.80. The van der Waals surface area contributed by atoms with Crippen molar-refractivity contribution in [1.29, 1.82) is 0 Å². The molecule has 4 heterocycles. The molecule has 3 aromatic heterocycles. The third kappa shape index (κ3) is 3.17. The molecule has 0 radical (unpaired) electrons. The highest BCUT2D eigenvalue weighted by Gasteiger charge is 2.71. The highest BCUT2D eigenvalue weighted by atomic mass is 19.3. The van der Waals surface area contributed by atoms with Crippen LogP contribution < -0.4 is 5.32 Å². The summed E-state index contributed by atoms with van der Waals surface area (Å²) in [5.74, 6) is -9.54. The average Bonchev–Trinajstić information content (AvgIpc) is 3.23. The van der Waals surface area contributed by atoms with Crippen molar-refractivity contribution >= 4 is 22.6 Å². The van der Waals surface area contributed by atoms with Gasteiger partial charge >= 0.3 is 17.9 Å². The molecule has 1 atom stereocenters. The first kappa shape index (κ1) is 21.4. The van der Waals surface area contributed by atoms with Crippen molar-refractivity contribution in [1.82, 2.24) is 29.9 Å². The zero-order valence-corrected chi connectivity index (χ0v) is 18.2. The van der Waals surface area contributed by atoms with E-state index in [0.29, 0.717) is 34.5 Å². The molecule has 2 N–H and O–H groups in total. The van der Waals surface area contributed by atoms with Crippen LogP contribution in [0.1, 0.15) is 38.5 Å². The molecule has 2 amide bonds. The van der Waals surface area contributed by atoms with Gasteiger partial charge in [0.1, 0.15) is 5.69 Å². The predicted molar refractivity (Wildman–Crippen MR) is 115 cm³/mol. The van der Waals surface area contributed by atoms with Crippen molar-refractivity contribution in [3.63, 3.8) is 0 Å². The highest BCUT2D eigenvalue weighted by Crippen LogP contribution is 2.56. The van der Waals surface area contributed by atoms with Crippen LogP contribution in [-0.4, -0.2) is 59.8 Å². The minimum Gasteiger partial charge on any atom is -0.319 e. The number of nitrogens with one attached hydrogen (secondary N) is 2. The molecule has 3 fully saturated rings. The van der Waals surface area contributed by atoms with Gasteiger partial charge in [-0.05, 0) is 38.2 Å². The van der Waals surface area contributed by atoms with Crippen molar-refractivity contribution in [3.05, 3.63) is 24.7 Å². The summed E-state index contributed by atoms with van der Waals surface area (Å²) >= 11 is 0. The van der Waals surface area contributed by atoms with Crippen molar-refractivity contribution < 1.29 is 22.4 Å². The van der Waals surface area contributed by atoms with E-state index in [4.69, 9.17) is 0 Å². The summed E-state index contributed by atoms with van der Waals surface area (Å²) in [7, 11) is 0. The summed E-state index contributed by atoms with van der Waals surface area (Å²) in [4.78, 5) is 19.3. The maximum atomic E-state index is 13.8. The van der Waals surface area contributed by atoms with Gasteiger partial charge in [-0.1, -0.05) is 0 Å². The van der Waals surface area contributed by atoms with E-state index in [9.17, 15) is 22.4 Å². The Morgan fingerprint density at radius 3 is 2.71 bits per heavy atom. The SMILES string of the molecule is O=C(Nc1cn[nH]c1-c1cc2c(cn1)cnn2CC1CC(F)(F)C1(F)F)N1CCCCC12CC2. The molecule has 2 saturated carbocycles. The lowest BCUT2D eigenvalue weighted by molar-refractivity contribution is -0.316. The minimum atomic E-state index is -4.06. The summed E-state index contributed by atoms with van der Waals surface area (Å²) in [6.07, 6.45) is 8.77. The van der Waals surface area contributed by atoms with Gasteiger partial charge in [-0.15, -0.1) is 0 Å². The first-order chi connectivity index (χ1) is 16.2. The third-order valence-corrected chi connectivity index (χ3v) is 7.48. The second-order valence-electron chi connectivity index (χ2n) is 9.61. The third-order valence-electron chi connectivity index (χ3n) is 7.48. The normalized spacial score (nSPS) is 24.2. The van der Waals surface area contributed by atoms with Crippen LogP contribution in [0.15, 0.2) is 24.7 Å². The van der Waals surface area contributed by atoms with Crippen LogP contribution in [0.5, 0.6) is 0 Å². The minimum absolute atomic E-state index is 0.0176. The zero-order chi connectivity index (χ0) is 23.7. The Hall–Kier alpha value is -3.18. The van der Waals surface area contributed by atoms with Gasteiger partial charge in [0.05, 0.1) is 41.8 Å². The predicted octanol–water partition coefficient (Wildman–Crippen LogP) is 4.66. The van der Waals surface area contributed by atoms with Gasteiger partial charge in [-0.2, -0.15) is 27.8 Å². The molecular weight excluding hydrogens is 454 g/mol. The molecular formula is C22H23F4N7O. The van der Waals surface area contributed by atoms with Crippen LogP contribution in [0.3, 0.4) is 0 Å². The fourth-order valence-electron chi connectivity index (χ4n) is 5.22. The first-order valence-electron chi connectivity index (χ1n) is 11.4. The zero-order valence-electron chi connectivity index (χ0n) is 18.2. The van der Waals surface area contributed by atoms with Crippen molar-refractivity contribution in [2.75, 3.05) is 11.9 Å². The quantitative estimate of drug-likeness (QED) is 0.535. The summed E-state index contributed by atoms with van der Waals surface area (Å²) in [6, 6.07) is 1.45. The Balaban J connectivity index is 1.25. The lowest BCUT2D eigenvalue weighted by Gasteiger charge is -2.43. The number of anilines is 1. The van der Waals surface area contributed by atoms with E-state index >= 15 is 0 Å². The number of nitrogens with zero attached hydrogens (tertiary/aromatic N) is 5. The van der Waals surface area contributed by atoms with Gasteiger partial charge in [0.25, 0.3) is 0 Å². The van der Waals surface area contributed by atoms with Crippen LogP contribution in [0.25, 0.3) is 22.3 Å². The number of carbonyl (C=O) groups is 1. The Labute approximate surface area is 191 Å². The number of carbonyl (C=O) groups excluding carboxylic acids is 1. The number of fused-ring (bicyclic) bond motifs is 1. The lowest BCUT2D eigenvalue weighted by atomic mass is 9.76. The van der Waals surface area contributed by atoms with Gasteiger partial charge in [0, 0.05) is 30.1 Å². The fraction of sp³-hybridized carbons (Fsp3) is 0.545. The number of likely N-dealkylation sites (tertiary alicyclic amines) is 1. The topological polar surface area (TPSA) is 91.7 Å². The van der Waals surface area contributed by atoms with Gasteiger partial charge < -0.3 is 10.2 Å². The molecule has 1 unspecified atom stereocenters. The van der Waals surface area contributed by atoms with E-state index < -0.39 is 24.2 Å². The smallest absolute Gasteiger partial charge is 0.319 e. The Bertz CT molecular complexity index is 1270. The van der Waals surface area contributed by atoms with Gasteiger partial charge in [0.15, 0.2) is 0 Å². The number of pyridine rings is 1. The standard InChI is InChI=1S/C22H23F4N7O/c23-21(24)8-14(22(21,25)26)12-33-17-7-15(27-9-13(17)10-29-33)18-16(11-28-31-18)30-19(34)32-6-2-1-3-20(32)4-5-20/h7,9-11,14H,1-6,8,12H2,(H,28,31)(H,30,34). The van der Waals surface area contributed by atoms with E-state index in [0.717, 1.165) is 32.1 Å². The van der Waals surface area contributed by atoms with E-state index in [-0.39, 0.29) is 18.1 Å². The van der Waals surface area contributed by atoms with Crippen LogP contribution in [0.4, 0.5) is 28.0 Å². The van der Waals surface area contributed by atoms with Gasteiger partial charge in [-0.25, -0.2) is 4.79 Å². The second-order valence-corrected chi connectivity index (χ2v) is 9.61. The number of amides is 2. The summed E-state index contributed by atoms with van der Waals surface area (Å²) in [6.45, 7) is 0.381. The molecule has 12 heteroatoms. The van der Waals surface area contributed by atoms with Crippen molar-refractivity contribution in [3.8, 4) is 11.4 Å². The summed E-state index contributed by atoms with van der Waals surface area (Å²) in [5, 5.41) is 14.5. The lowest BCUT2D eigenvalue weighted by Crippen LogP contribution is -2.59. The monoisotopic (exact) mass is 477 g/mol. The molecule has 3 aromatic rings. The number of hydrogen-bond donors (Lipinski definition) is 2. The number of hydrogen-bond acceptors (Lipinski definition) is 4. The van der Waals surface area contributed by atoms with Gasteiger partial charge in [0.2, 0.25) is 0 Å². The molecule has 1 aliphatic heterocycles. The van der Waals surface area contributed by atoms with Crippen molar-refractivity contribution in [2.24, 2.45) is 5.92 Å². The molecule has 0 aromatic carbocycles. The Kier molecular flexibility index (Phi) is 4.50. The number of urea groups is 1. The Morgan fingerprint density at radius 1 is 1.15 bits per heavy atom. The molecule has 6 rings (SSSR count). The average molecular weight is 477 g/mol. The number of aromatic nitrogens is 5. The van der Waals surface area contributed by atoms with E-state index in [1.54, 1.807) is 6.07 Å². The molecule has 3 aliphatic rings. The highest BCUT2D eigenvalue weighted by molar-refractivity contribution is 5.94. The van der Waals surface area contributed by atoms with Crippen LogP contribution in [0, 0.1) is 5.92 Å². The maximum Gasteiger partial charge on any atom is 0.322 e. The van der Waals surface area contributed by atoms with E-state index in [1.165, 1.54) is 23.3 Å². The number of alkyl halides is 4. The molecule has 180 valence electrons. The molecule has 1 spiro atoms. The van der Waals surface area contributed by atoms with Crippen LogP contribution >= 0.6 is 0 Å². The maximum absolute atomic E-state index is 13.8. The van der Waals surface area contributed by atoms with E-state index in [1.807, 2.05) is 4.90 Å². The van der Waals surface area contributed by atoms with Gasteiger partial charge in [-0.3, -0.25) is 14.8 Å². The Morgan fingerprint density at radius 2 is 1.97 bits per heavy atom. The van der Waals surface area contributed by atoms with Crippen molar-refractivity contribution in [2.45, 2.75) is 62.5 Å². The molecule has 0 bridgehead atoms. The van der Waals surface area contributed by atoms with E-state index in [2.05, 4.69) is 25.6 Å².